The third kappa shape index (κ3) is 10.5. The minimum absolute atomic E-state index is 0.0729. The second-order valence-corrected chi connectivity index (χ2v) is 9.72. The number of carbonyl (C=O) groups is 1. The number of urea groups is 1. The van der Waals surface area contributed by atoms with Crippen molar-refractivity contribution in [1.82, 2.24) is 20.0 Å². The highest BCUT2D eigenvalue weighted by atomic mass is 32.2. The van der Waals surface area contributed by atoms with Crippen LogP contribution in [0.5, 0.6) is 0 Å². The Morgan fingerprint density at radius 2 is 1.35 bits per heavy atom. The molecule has 1 N–H and O–H groups in total. The highest BCUT2D eigenvalue weighted by Gasteiger charge is 2.19. The number of sulfone groups is 1. The summed E-state index contributed by atoms with van der Waals surface area (Å²) in [5, 5.41) is 2.97. The summed E-state index contributed by atoms with van der Waals surface area (Å²) in [6, 6.07) is 8.26. The average molecular weight is 455 g/mol. The van der Waals surface area contributed by atoms with E-state index in [1.54, 1.807) is 35.2 Å². The molecule has 8 heteroatoms. The van der Waals surface area contributed by atoms with E-state index in [1.807, 2.05) is 0 Å². The van der Waals surface area contributed by atoms with Gasteiger partial charge in [-0.15, -0.1) is 0 Å². The Kier molecular flexibility index (Phi) is 13.4. The van der Waals surface area contributed by atoms with Crippen molar-refractivity contribution in [1.29, 1.82) is 0 Å². The van der Waals surface area contributed by atoms with Crippen LogP contribution in [0.1, 0.15) is 40.5 Å². The summed E-state index contributed by atoms with van der Waals surface area (Å²) < 4.78 is 25.3. The topological polar surface area (TPSA) is 73.0 Å². The first-order chi connectivity index (χ1) is 14.9. The predicted molar refractivity (Wildman–Crippen MR) is 128 cm³/mol. The van der Waals surface area contributed by atoms with Crippen LogP contribution in [-0.4, -0.2) is 93.8 Å². The van der Waals surface area contributed by atoms with E-state index in [9.17, 15) is 13.2 Å². The summed E-state index contributed by atoms with van der Waals surface area (Å²) in [4.78, 5) is 19.3. The quantitative estimate of drug-likeness (QED) is 0.389. The molecular weight excluding hydrogens is 412 g/mol. The van der Waals surface area contributed by atoms with Crippen LogP contribution in [0.15, 0.2) is 35.2 Å². The van der Waals surface area contributed by atoms with Crippen molar-refractivity contribution >= 4 is 15.9 Å². The number of hydrogen-bond acceptors (Lipinski definition) is 5. The van der Waals surface area contributed by atoms with Crippen molar-refractivity contribution in [3.63, 3.8) is 0 Å². The molecule has 0 aliphatic carbocycles. The van der Waals surface area contributed by atoms with Crippen LogP contribution in [0.2, 0.25) is 0 Å². The first-order valence-electron chi connectivity index (χ1n) is 11.6. The SMILES string of the molecule is CCN(CC)CCCCN(CCS(=O)(=O)c1ccccc1)C(=O)NCCN(CC)CC. The highest BCUT2D eigenvalue weighted by Crippen LogP contribution is 2.11. The van der Waals surface area contributed by atoms with Crippen LogP contribution >= 0.6 is 0 Å². The Bertz CT molecular complexity index is 705. The molecule has 2 amide bonds. The summed E-state index contributed by atoms with van der Waals surface area (Å²) in [5.41, 5.74) is 0. The number of nitrogens with one attached hydrogen (secondary N) is 1. The van der Waals surface area contributed by atoms with Gasteiger partial charge in [-0.2, -0.15) is 0 Å². The molecule has 0 spiro atoms. The molecule has 0 atom stereocenters. The van der Waals surface area contributed by atoms with Crippen molar-refractivity contribution in [2.24, 2.45) is 0 Å². The van der Waals surface area contributed by atoms with Crippen molar-refractivity contribution < 1.29 is 13.2 Å². The number of nitrogens with zero attached hydrogens (tertiary/aromatic N) is 3. The number of carbonyl (C=O) groups excluding carboxylic acids is 1. The molecule has 0 saturated heterocycles. The molecule has 0 unspecified atom stereocenters. The monoisotopic (exact) mass is 454 g/mol. The lowest BCUT2D eigenvalue weighted by molar-refractivity contribution is 0.195. The number of amides is 2. The number of rotatable bonds is 16. The number of hydrogen-bond donors (Lipinski definition) is 1. The van der Waals surface area contributed by atoms with Gasteiger partial charge >= 0.3 is 6.03 Å². The first-order valence-corrected chi connectivity index (χ1v) is 13.3. The van der Waals surface area contributed by atoms with E-state index in [1.165, 1.54) is 0 Å². The van der Waals surface area contributed by atoms with Gasteiger partial charge in [0.15, 0.2) is 9.84 Å². The van der Waals surface area contributed by atoms with Crippen LogP contribution in [0.25, 0.3) is 0 Å². The van der Waals surface area contributed by atoms with Gasteiger partial charge in [0.05, 0.1) is 10.6 Å². The van der Waals surface area contributed by atoms with Crippen molar-refractivity contribution in [2.75, 3.05) is 64.7 Å². The van der Waals surface area contributed by atoms with Crippen LogP contribution < -0.4 is 5.32 Å². The Morgan fingerprint density at radius 1 is 0.806 bits per heavy atom. The Balaban J connectivity index is 2.66. The smallest absolute Gasteiger partial charge is 0.317 e. The lowest BCUT2D eigenvalue weighted by atomic mass is 10.2. The van der Waals surface area contributed by atoms with E-state index in [0.29, 0.717) is 18.0 Å². The standard InChI is InChI=1S/C23H42N4O3S/c1-5-25(6-2)17-12-13-18-27(23(28)24-16-19-26(7-3)8-4)20-21-31(29,30)22-14-10-9-11-15-22/h9-11,14-15H,5-8,12-13,16-21H2,1-4H3,(H,24,28). The van der Waals surface area contributed by atoms with Gasteiger partial charge in [-0.05, 0) is 57.7 Å². The zero-order valence-corrected chi connectivity index (χ0v) is 20.7. The molecule has 178 valence electrons. The summed E-state index contributed by atoms with van der Waals surface area (Å²) >= 11 is 0. The zero-order valence-electron chi connectivity index (χ0n) is 19.8. The minimum atomic E-state index is -3.42. The molecule has 1 aromatic carbocycles. The second-order valence-electron chi connectivity index (χ2n) is 7.61. The van der Waals surface area contributed by atoms with E-state index in [2.05, 4.69) is 42.8 Å². The fourth-order valence-corrected chi connectivity index (χ4v) is 4.71. The second kappa shape index (κ2) is 15.2. The molecule has 31 heavy (non-hydrogen) atoms. The molecule has 7 nitrogen and oxygen atoms in total. The van der Waals surface area contributed by atoms with E-state index < -0.39 is 9.84 Å². The number of unbranched alkanes of at least 4 members (excludes halogenated alkanes) is 1. The number of likely N-dealkylation sites (N-methyl/N-ethyl adjacent to an activating group) is 1. The average Bonchev–Trinajstić information content (AvgIpc) is 2.79. The minimum Gasteiger partial charge on any atom is -0.337 e. The van der Waals surface area contributed by atoms with Gasteiger partial charge in [-0.3, -0.25) is 0 Å². The maximum Gasteiger partial charge on any atom is 0.317 e. The molecule has 0 heterocycles. The molecule has 0 fully saturated rings. The zero-order chi connectivity index (χ0) is 23.1. The van der Waals surface area contributed by atoms with Gasteiger partial charge in [0, 0.05) is 26.2 Å². The fraction of sp³-hybridized carbons (Fsp3) is 0.696. The van der Waals surface area contributed by atoms with E-state index in [-0.39, 0.29) is 18.3 Å². The molecular formula is C23H42N4O3S. The summed E-state index contributed by atoms with van der Waals surface area (Å²) in [6.07, 6.45) is 1.84. The van der Waals surface area contributed by atoms with Gasteiger partial charge in [0.2, 0.25) is 0 Å². The van der Waals surface area contributed by atoms with Crippen molar-refractivity contribution in [3.8, 4) is 0 Å². The van der Waals surface area contributed by atoms with Crippen molar-refractivity contribution in [2.45, 2.75) is 45.4 Å². The summed E-state index contributed by atoms with van der Waals surface area (Å²) in [7, 11) is -3.42. The van der Waals surface area contributed by atoms with Gasteiger partial charge in [0.1, 0.15) is 0 Å². The normalized spacial score (nSPS) is 11.8. The molecule has 0 aliphatic rings. The van der Waals surface area contributed by atoms with Crippen LogP contribution in [0.3, 0.4) is 0 Å². The third-order valence-electron chi connectivity index (χ3n) is 5.66. The van der Waals surface area contributed by atoms with Gasteiger partial charge in [-0.1, -0.05) is 45.9 Å². The fourth-order valence-electron chi connectivity index (χ4n) is 3.44. The van der Waals surface area contributed by atoms with Gasteiger partial charge in [0.25, 0.3) is 0 Å². The Morgan fingerprint density at radius 3 is 1.94 bits per heavy atom. The Labute approximate surface area is 189 Å². The predicted octanol–water partition coefficient (Wildman–Crippen LogP) is 2.94. The molecule has 0 bridgehead atoms. The molecule has 0 saturated carbocycles. The molecule has 0 aromatic heterocycles. The molecule has 1 aromatic rings. The molecule has 0 aliphatic heterocycles. The number of benzene rings is 1. The molecule has 0 radical (unpaired) electrons. The largest absolute Gasteiger partial charge is 0.337 e. The Hall–Kier alpha value is -1.64. The van der Waals surface area contributed by atoms with Gasteiger partial charge in [-0.25, -0.2) is 13.2 Å². The summed E-state index contributed by atoms with van der Waals surface area (Å²) in [6.45, 7) is 15.5. The lowest BCUT2D eigenvalue weighted by Gasteiger charge is -2.25. The van der Waals surface area contributed by atoms with E-state index >= 15 is 0 Å². The first kappa shape index (κ1) is 27.4. The maximum absolute atomic E-state index is 12.8. The maximum atomic E-state index is 12.8. The van der Waals surface area contributed by atoms with Crippen LogP contribution in [-0.2, 0) is 9.84 Å². The highest BCUT2D eigenvalue weighted by molar-refractivity contribution is 7.91. The van der Waals surface area contributed by atoms with Crippen molar-refractivity contribution in [3.05, 3.63) is 30.3 Å². The summed E-state index contributed by atoms with van der Waals surface area (Å²) in [5.74, 6) is -0.0729. The lowest BCUT2D eigenvalue weighted by Crippen LogP contribution is -2.45. The van der Waals surface area contributed by atoms with E-state index in [4.69, 9.17) is 0 Å². The van der Waals surface area contributed by atoms with Crippen LogP contribution in [0.4, 0.5) is 4.79 Å². The third-order valence-corrected chi connectivity index (χ3v) is 7.38. The van der Waals surface area contributed by atoms with Gasteiger partial charge < -0.3 is 20.0 Å². The van der Waals surface area contributed by atoms with Crippen LogP contribution in [0, 0.1) is 0 Å². The van der Waals surface area contributed by atoms with E-state index in [0.717, 1.165) is 52.1 Å². The molecule has 1 rings (SSSR count).